The number of benzene rings is 1. The van der Waals surface area contributed by atoms with Gasteiger partial charge in [0.1, 0.15) is 0 Å². The monoisotopic (exact) mass is 408 g/mol. The summed E-state index contributed by atoms with van der Waals surface area (Å²) in [6.45, 7) is 1.95. The van der Waals surface area contributed by atoms with Crippen LogP contribution in [0.25, 0.3) is 0 Å². The Bertz CT molecular complexity index is 641. The molecule has 2 saturated heterocycles. The Morgan fingerprint density at radius 2 is 1.82 bits per heavy atom. The quantitative estimate of drug-likeness (QED) is 0.834. The van der Waals surface area contributed by atoms with E-state index in [1.807, 2.05) is 19.1 Å². The van der Waals surface area contributed by atoms with Crippen molar-refractivity contribution in [2.24, 2.45) is 0 Å². The molecule has 3 rings (SSSR count). The molecule has 2 fully saturated rings. The van der Waals surface area contributed by atoms with Crippen molar-refractivity contribution in [1.29, 1.82) is 0 Å². The van der Waals surface area contributed by atoms with Crippen LogP contribution in [0.5, 0.6) is 0 Å². The summed E-state index contributed by atoms with van der Waals surface area (Å²) < 4.78 is 28.0. The van der Waals surface area contributed by atoms with Crippen molar-refractivity contribution in [2.45, 2.75) is 55.6 Å². The molecule has 124 valence electrons. The molecule has 2 unspecified atom stereocenters. The number of nitrogens with zero attached hydrogens (tertiary/aromatic N) is 1. The standard InChI is InChI=1S/C15H21BrN2O2S.ClH/c1-10-3-6-15(14(16)7-10)21(19,20)18(2)13-8-11-4-5-12(9-13)17-11;/h3,6-7,11-13,17H,4-5,8-9H2,1-2H3;1H. The van der Waals surface area contributed by atoms with Gasteiger partial charge in [0.25, 0.3) is 0 Å². The van der Waals surface area contributed by atoms with Gasteiger partial charge >= 0.3 is 0 Å². The smallest absolute Gasteiger partial charge is 0.244 e. The van der Waals surface area contributed by atoms with Gasteiger partial charge in [-0.3, -0.25) is 0 Å². The van der Waals surface area contributed by atoms with Gasteiger partial charge in [0.2, 0.25) is 10.0 Å². The van der Waals surface area contributed by atoms with Crippen LogP contribution in [-0.4, -0.2) is 37.9 Å². The maximum atomic E-state index is 12.9. The van der Waals surface area contributed by atoms with Crippen LogP contribution in [0.3, 0.4) is 0 Å². The van der Waals surface area contributed by atoms with Gasteiger partial charge in [-0.1, -0.05) is 6.07 Å². The highest BCUT2D eigenvalue weighted by atomic mass is 79.9. The summed E-state index contributed by atoms with van der Waals surface area (Å²) in [6.07, 6.45) is 4.16. The molecular formula is C15H22BrClN2O2S. The topological polar surface area (TPSA) is 49.4 Å². The number of aryl methyl sites for hydroxylation is 1. The molecule has 2 heterocycles. The summed E-state index contributed by atoms with van der Waals surface area (Å²) in [5.74, 6) is 0. The Balaban J connectivity index is 0.00000176. The molecule has 4 nitrogen and oxygen atoms in total. The van der Waals surface area contributed by atoms with Crippen molar-refractivity contribution in [1.82, 2.24) is 9.62 Å². The molecule has 1 aromatic rings. The largest absolute Gasteiger partial charge is 0.311 e. The molecule has 7 heteroatoms. The number of hydrogen-bond donors (Lipinski definition) is 1. The van der Waals surface area contributed by atoms with E-state index in [2.05, 4.69) is 21.2 Å². The molecule has 22 heavy (non-hydrogen) atoms. The summed E-state index contributed by atoms with van der Waals surface area (Å²) in [7, 11) is -1.73. The number of halogens is 2. The van der Waals surface area contributed by atoms with E-state index in [0.29, 0.717) is 21.5 Å². The minimum absolute atomic E-state index is 0. The number of hydrogen-bond acceptors (Lipinski definition) is 3. The molecule has 0 spiro atoms. The van der Waals surface area contributed by atoms with Crippen LogP contribution < -0.4 is 5.32 Å². The molecule has 1 aromatic carbocycles. The lowest BCUT2D eigenvalue weighted by atomic mass is 10.0. The van der Waals surface area contributed by atoms with Crippen molar-refractivity contribution in [2.75, 3.05) is 7.05 Å². The van der Waals surface area contributed by atoms with Gasteiger partial charge in [0.15, 0.2) is 0 Å². The van der Waals surface area contributed by atoms with Gasteiger partial charge in [-0.2, -0.15) is 4.31 Å². The third-order valence-electron chi connectivity index (χ3n) is 4.71. The van der Waals surface area contributed by atoms with Crippen LogP contribution in [0, 0.1) is 6.92 Å². The van der Waals surface area contributed by atoms with Crippen molar-refractivity contribution >= 4 is 38.4 Å². The molecule has 2 atom stereocenters. The van der Waals surface area contributed by atoms with Crippen LogP contribution in [-0.2, 0) is 10.0 Å². The summed E-state index contributed by atoms with van der Waals surface area (Å²) in [4.78, 5) is 0.362. The van der Waals surface area contributed by atoms with Gasteiger partial charge in [-0.15, -0.1) is 12.4 Å². The number of fused-ring (bicyclic) bond motifs is 2. The van der Waals surface area contributed by atoms with E-state index in [1.54, 1.807) is 17.4 Å². The van der Waals surface area contributed by atoms with Gasteiger partial charge in [-0.05, 0) is 66.2 Å². The zero-order valence-electron chi connectivity index (χ0n) is 12.8. The molecule has 0 aliphatic carbocycles. The third kappa shape index (κ3) is 3.36. The first kappa shape index (κ1) is 18.2. The SMILES string of the molecule is Cc1ccc(S(=O)(=O)N(C)C2CC3CCC(C2)N3)c(Br)c1.Cl. The van der Waals surface area contributed by atoms with Crippen molar-refractivity contribution < 1.29 is 8.42 Å². The van der Waals surface area contributed by atoms with Crippen LogP contribution in [0.4, 0.5) is 0 Å². The average molecular weight is 410 g/mol. The fraction of sp³-hybridized carbons (Fsp3) is 0.600. The molecule has 0 saturated carbocycles. The zero-order chi connectivity index (χ0) is 15.2. The number of nitrogens with one attached hydrogen (secondary N) is 1. The molecule has 0 amide bonds. The summed E-state index contributed by atoms with van der Waals surface area (Å²) in [5.41, 5.74) is 1.04. The van der Waals surface area contributed by atoms with E-state index in [4.69, 9.17) is 0 Å². The average Bonchev–Trinajstić information content (AvgIpc) is 2.76. The summed E-state index contributed by atoms with van der Waals surface area (Å²) in [6, 6.07) is 6.45. The highest BCUT2D eigenvalue weighted by Crippen LogP contribution is 2.33. The summed E-state index contributed by atoms with van der Waals surface area (Å²) in [5, 5.41) is 3.55. The molecule has 1 N–H and O–H groups in total. The predicted octanol–water partition coefficient (Wildman–Crippen LogP) is 3.08. The molecule has 2 aliphatic heterocycles. The van der Waals surface area contributed by atoms with E-state index in [1.165, 1.54) is 12.8 Å². The Kier molecular flexibility index (Phi) is 5.60. The second kappa shape index (κ2) is 6.77. The predicted molar refractivity (Wildman–Crippen MR) is 94.0 cm³/mol. The Morgan fingerprint density at radius 1 is 1.23 bits per heavy atom. The van der Waals surface area contributed by atoms with E-state index in [9.17, 15) is 8.42 Å². The van der Waals surface area contributed by atoms with Crippen LogP contribution in [0.15, 0.2) is 27.6 Å². The first-order valence-electron chi connectivity index (χ1n) is 7.38. The first-order valence-corrected chi connectivity index (χ1v) is 9.61. The number of rotatable bonds is 3. The normalized spacial score (nSPS) is 27.7. The highest BCUT2D eigenvalue weighted by Gasteiger charge is 2.39. The second-order valence-corrected chi connectivity index (χ2v) is 9.04. The lowest BCUT2D eigenvalue weighted by molar-refractivity contribution is 0.251. The lowest BCUT2D eigenvalue weighted by Crippen LogP contribution is -2.48. The third-order valence-corrected chi connectivity index (χ3v) is 7.59. The molecule has 2 aliphatic rings. The second-order valence-electron chi connectivity index (χ2n) is 6.22. The van der Waals surface area contributed by atoms with Gasteiger partial charge in [0.05, 0.1) is 4.90 Å². The Labute approximate surface area is 147 Å². The van der Waals surface area contributed by atoms with E-state index < -0.39 is 10.0 Å². The van der Waals surface area contributed by atoms with Crippen molar-refractivity contribution in [3.8, 4) is 0 Å². The molecule has 0 aromatic heterocycles. The van der Waals surface area contributed by atoms with Crippen LogP contribution >= 0.6 is 28.3 Å². The summed E-state index contributed by atoms with van der Waals surface area (Å²) >= 11 is 3.39. The van der Waals surface area contributed by atoms with Gasteiger partial charge < -0.3 is 5.32 Å². The molecular weight excluding hydrogens is 388 g/mol. The van der Waals surface area contributed by atoms with Crippen molar-refractivity contribution in [3.05, 3.63) is 28.2 Å². The molecule has 0 radical (unpaired) electrons. The first-order chi connectivity index (χ1) is 9.88. The van der Waals surface area contributed by atoms with E-state index in [0.717, 1.165) is 18.4 Å². The minimum Gasteiger partial charge on any atom is -0.311 e. The molecule has 2 bridgehead atoms. The number of sulfonamides is 1. The van der Waals surface area contributed by atoms with E-state index in [-0.39, 0.29) is 18.4 Å². The van der Waals surface area contributed by atoms with Crippen LogP contribution in [0.1, 0.15) is 31.2 Å². The zero-order valence-corrected chi connectivity index (χ0v) is 16.0. The maximum absolute atomic E-state index is 12.9. The fourth-order valence-electron chi connectivity index (χ4n) is 3.49. The fourth-order valence-corrected chi connectivity index (χ4v) is 6.02. The Morgan fingerprint density at radius 3 is 2.36 bits per heavy atom. The lowest BCUT2D eigenvalue weighted by Gasteiger charge is -2.35. The number of piperidine rings is 1. The minimum atomic E-state index is -3.45. The van der Waals surface area contributed by atoms with E-state index >= 15 is 0 Å². The highest BCUT2D eigenvalue weighted by molar-refractivity contribution is 9.10. The van der Waals surface area contributed by atoms with Gasteiger partial charge in [-0.25, -0.2) is 8.42 Å². The Hall–Kier alpha value is -0.140. The van der Waals surface area contributed by atoms with Gasteiger partial charge in [0, 0.05) is 29.6 Å². The maximum Gasteiger partial charge on any atom is 0.244 e. The van der Waals surface area contributed by atoms with Crippen LogP contribution in [0.2, 0.25) is 0 Å². The van der Waals surface area contributed by atoms with Crippen molar-refractivity contribution in [3.63, 3.8) is 0 Å².